The lowest BCUT2D eigenvalue weighted by Crippen LogP contribution is -2.30. The Labute approximate surface area is 118 Å². The fourth-order valence-corrected chi connectivity index (χ4v) is 2.40. The van der Waals surface area contributed by atoms with Crippen LogP contribution in [0.2, 0.25) is 0 Å². The zero-order chi connectivity index (χ0) is 16.2. The van der Waals surface area contributed by atoms with Gasteiger partial charge in [-0.3, -0.25) is 10.1 Å². The van der Waals surface area contributed by atoms with E-state index >= 15 is 0 Å². The normalized spacial score (nSPS) is 12.9. The average Bonchev–Trinajstić information content (AvgIpc) is 2.37. The number of nitrogens with zero attached hydrogens (tertiary/aromatic N) is 1. The molecule has 1 unspecified atom stereocenters. The Hall–Kier alpha value is -2.11. The molecule has 0 aliphatic carbocycles. The number of halogens is 1. The number of hydrogen-bond acceptors (Lipinski definition) is 6. The van der Waals surface area contributed by atoms with Crippen LogP contribution in [0.3, 0.4) is 0 Å². The minimum Gasteiger partial charge on any atom is -0.479 e. The highest BCUT2D eigenvalue weighted by molar-refractivity contribution is 7.89. The predicted octanol–water partition coefficient (Wildman–Crippen LogP) is -0.152. The molecule has 116 valence electrons. The molecule has 0 fully saturated rings. The molecule has 3 N–H and O–H groups in total. The maximum Gasteiger partial charge on any atom is 0.332 e. The first-order chi connectivity index (χ1) is 9.65. The van der Waals surface area contributed by atoms with Crippen LogP contribution in [-0.4, -0.2) is 42.2 Å². The van der Waals surface area contributed by atoms with Crippen LogP contribution in [0.5, 0.6) is 0 Å². The van der Waals surface area contributed by atoms with Crippen molar-refractivity contribution < 1.29 is 32.7 Å². The second kappa shape index (κ2) is 6.56. The van der Waals surface area contributed by atoms with Gasteiger partial charge in [-0.1, -0.05) is 0 Å². The van der Waals surface area contributed by atoms with Crippen molar-refractivity contribution in [3.63, 3.8) is 0 Å². The number of aliphatic hydroxyl groups is 1. The molecule has 0 aliphatic heterocycles. The van der Waals surface area contributed by atoms with Crippen LogP contribution >= 0.6 is 0 Å². The maximum absolute atomic E-state index is 13.3. The van der Waals surface area contributed by atoms with Gasteiger partial charge in [-0.2, -0.15) is 4.39 Å². The minimum absolute atomic E-state index is 0.385. The van der Waals surface area contributed by atoms with Crippen LogP contribution < -0.4 is 4.72 Å². The van der Waals surface area contributed by atoms with Crippen molar-refractivity contribution in [2.45, 2.75) is 17.4 Å². The number of nitrogens with one attached hydrogen (secondary N) is 1. The molecule has 0 bridgehead atoms. The van der Waals surface area contributed by atoms with Crippen molar-refractivity contribution in [2.75, 3.05) is 6.54 Å². The van der Waals surface area contributed by atoms with Crippen molar-refractivity contribution in [3.05, 3.63) is 34.1 Å². The quantitative estimate of drug-likeness (QED) is 0.467. The monoisotopic (exact) mass is 322 g/mol. The van der Waals surface area contributed by atoms with E-state index in [1.807, 2.05) is 4.72 Å². The summed E-state index contributed by atoms with van der Waals surface area (Å²) < 4.78 is 38.8. The summed E-state index contributed by atoms with van der Waals surface area (Å²) in [7, 11) is -4.16. The molecule has 1 rings (SSSR count). The Bertz CT molecular complexity index is 661. The SMILES string of the molecule is O=C(O)C(O)CCNS(=O)(=O)c1ccc([N+](=O)[O-])c(F)c1. The van der Waals surface area contributed by atoms with E-state index in [1.54, 1.807) is 0 Å². The Morgan fingerprint density at radius 1 is 1.48 bits per heavy atom. The van der Waals surface area contributed by atoms with Gasteiger partial charge in [0.05, 0.1) is 9.82 Å². The van der Waals surface area contributed by atoms with Gasteiger partial charge in [-0.05, 0) is 12.5 Å². The van der Waals surface area contributed by atoms with Gasteiger partial charge in [0.1, 0.15) is 0 Å². The molecule has 21 heavy (non-hydrogen) atoms. The van der Waals surface area contributed by atoms with Crippen LogP contribution in [0.25, 0.3) is 0 Å². The van der Waals surface area contributed by atoms with E-state index in [2.05, 4.69) is 0 Å². The van der Waals surface area contributed by atoms with Gasteiger partial charge in [0.25, 0.3) is 0 Å². The number of aliphatic carboxylic acids is 1. The summed E-state index contributed by atoms with van der Waals surface area (Å²) in [5, 5.41) is 27.8. The Balaban J connectivity index is 2.82. The molecule has 0 aliphatic rings. The highest BCUT2D eigenvalue weighted by Crippen LogP contribution is 2.20. The van der Waals surface area contributed by atoms with Gasteiger partial charge in [0.15, 0.2) is 6.10 Å². The zero-order valence-corrected chi connectivity index (χ0v) is 11.2. The molecule has 0 heterocycles. The molecule has 1 atom stereocenters. The molecule has 0 saturated heterocycles. The lowest BCUT2D eigenvalue weighted by atomic mass is 10.3. The predicted molar refractivity (Wildman–Crippen MR) is 66.5 cm³/mol. The van der Waals surface area contributed by atoms with Crippen molar-refractivity contribution in [3.8, 4) is 0 Å². The summed E-state index contributed by atoms with van der Waals surface area (Å²) in [6.45, 7) is -0.394. The number of hydrogen-bond donors (Lipinski definition) is 3. The van der Waals surface area contributed by atoms with Crippen molar-refractivity contribution >= 4 is 21.7 Å². The largest absolute Gasteiger partial charge is 0.479 e. The fraction of sp³-hybridized carbons (Fsp3) is 0.300. The number of carbonyl (C=O) groups is 1. The third-order valence-corrected chi connectivity index (χ3v) is 3.88. The van der Waals surface area contributed by atoms with Crippen LogP contribution in [0.1, 0.15) is 6.42 Å². The van der Waals surface area contributed by atoms with Crippen molar-refractivity contribution in [1.29, 1.82) is 0 Å². The molecule has 1 aromatic carbocycles. The second-order valence-electron chi connectivity index (χ2n) is 3.91. The Kier molecular flexibility index (Phi) is 5.29. The second-order valence-corrected chi connectivity index (χ2v) is 5.68. The number of benzene rings is 1. The fourth-order valence-electron chi connectivity index (χ4n) is 1.34. The van der Waals surface area contributed by atoms with Gasteiger partial charge in [0, 0.05) is 18.7 Å². The van der Waals surface area contributed by atoms with Gasteiger partial charge in [-0.15, -0.1) is 0 Å². The molecule has 11 heteroatoms. The number of carboxylic acid groups (broad SMARTS) is 1. The summed E-state index contributed by atoms with van der Waals surface area (Å²) in [6.07, 6.45) is -2.12. The number of aliphatic hydroxyl groups excluding tert-OH is 1. The molecule has 0 aromatic heterocycles. The lowest BCUT2D eigenvalue weighted by Gasteiger charge is -2.08. The van der Waals surface area contributed by atoms with E-state index in [0.29, 0.717) is 12.1 Å². The maximum atomic E-state index is 13.3. The molecule has 0 saturated carbocycles. The van der Waals surface area contributed by atoms with E-state index in [0.717, 1.165) is 6.07 Å². The third-order valence-electron chi connectivity index (χ3n) is 2.42. The summed E-state index contributed by atoms with van der Waals surface area (Å²) in [6, 6.07) is 2.03. The van der Waals surface area contributed by atoms with E-state index in [1.165, 1.54) is 0 Å². The molecular weight excluding hydrogens is 311 g/mol. The first-order valence-electron chi connectivity index (χ1n) is 5.49. The third kappa shape index (κ3) is 4.44. The number of nitro groups is 1. The first kappa shape index (κ1) is 16.9. The van der Waals surface area contributed by atoms with Gasteiger partial charge in [-0.25, -0.2) is 17.9 Å². The van der Waals surface area contributed by atoms with E-state index in [-0.39, 0.29) is 6.42 Å². The molecular formula is C10H11FN2O7S. The number of carboxylic acids is 1. The first-order valence-corrected chi connectivity index (χ1v) is 6.98. The van der Waals surface area contributed by atoms with E-state index in [9.17, 15) is 27.7 Å². The standard InChI is InChI=1S/C10H11FN2O7S/c11-7-5-6(1-2-8(7)13(17)18)21(19,20)12-4-3-9(14)10(15)16/h1-2,5,9,12,14H,3-4H2,(H,15,16). The average molecular weight is 322 g/mol. The molecule has 9 nitrogen and oxygen atoms in total. The molecule has 0 radical (unpaired) electrons. The highest BCUT2D eigenvalue weighted by atomic mass is 32.2. The Morgan fingerprint density at radius 2 is 2.10 bits per heavy atom. The summed E-state index contributed by atoms with van der Waals surface area (Å²) in [5.74, 6) is -2.82. The van der Waals surface area contributed by atoms with Crippen molar-refractivity contribution in [2.24, 2.45) is 0 Å². The lowest BCUT2D eigenvalue weighted by molar-refractivity contribution is -0.387. The summed E-state index contributed by atoms with van der Waals surface area (Å²) in [5.41, 5.74) is -0.866. The zero-order valence-electron chi connectivity index (χ0n) is 10.4. The highest BCUT2D eigenvalue weighted by Gasteiger charge is 2.21. The topological polar surface area (TPSA) is 147 Å². The molecule has 0 spiro atoms. The van der Waals surface area contributed by atoms with E-state index in [4.69, 9.17) is 10.2 Å². The molecule has 0 amide bonds. The van der Waals surface area contributed by atoms with Gasteiger partial charge < -0.3 is 10.2 Å². The van der Waals surface area contributed by atoms with Gasteiger partial charge >= 0.3 is 11.7 Å². The number of nitro benzene ring substituents is 1. The van der Waals surface area contributed by atoms with Gasteiger partial charge in [0.2, 0.25) is 15.8 Å². The summed E-state index contributed by atoms with van der Waals surface area (Å²) >= 11 is 0. The number of rotatable bonds is 7. The van der Waals surface area contributed by atoms with Crippen LogP contribution in [0.4, 0.5) is 10.1 Å². The van der Waals surface area contributed by atoms with E-state index < -0.39 is 50.0 Å². The van der Waals surface area contributed by atoms with Crippen molar-refractivity contribution in [1.82, 2.24) is 4.72 Å². The van der Waals surface area contributed by atoms with Crippen LogP contribution in [0.15, 0.2) is 23.1 Å². The van der Waals surface area contributed by atoms with Crippen LogP contribution in [0, 0.1) is 15.9 Å². The molecule has 1 aromatic rings. The summed E-state index contributed by atoms with van der Waals surface area (Å²) in [4.78, 5) is 19.2. The van der Waals surface area contributed by atoms with Crippen LogP contribution in [-0.2, 0) is 14.8 Å². The smallest absolute Gasteiger partial charge is 0.332 e. The minimum atomic E-state index is -4.16. The number of sulfonamides is 1. The Morgan fingerprint density at radius 3 is 2.57 bits per heavy atom.